The highest BCUT2D eigenvalue weighted by Crippen LogP contribution is 2.51. The third-order valence-electron chi connectivity index (χ3n) is 9.84. The van der Waals surface area contributed by atoms with Crippen molar-refractivity contribution in [2.45, 2.75) is 61.4 Å². The number of hydrogen-bond donors (Lipinski definition) is 0. The highest BCUT2D eigenvalue weighted by atomic mass is 33.1. The molecule has 0 aliphatic rings. The first-order chi connectivity index (χ1) is 26.2. The SMILES string of the molecule is CO[Si](CCCc1ccc(C)c(-c2nc3ccccc3s2)c1SSc1c(CCC[Si](OC)(OC)OC)ccc(C)c1-c1nc2ccccc2s1)(OC)OC. The fraction of sp³-hybridized carbons (Fsp3) is 0.350. The minimum Gasteiger partial charge on any atom is -0.377 e. The zero-order valence-electron chi connectivity index (χ0n) is 32.1. The summed E-state index contributed by atoms with van der Waals surface area (Å²) in [6.45, 7) is 4.39. The second kappa shape index (κ2) is 18.7. The predicted octanol–water partition coefficient (Wildman–Crippen LogP) is 11.3. The maximum Gasteiger partial charge on any atom is 0.500 e. The van der Waals surface area contributed by atoms with E-state index in [1.165, 1.54) is 52.6 Å². The first kappa shape index (κ1) is 41.2. The Morgan fingerprint density at radius 2 is 0.889 bits per heavy atom. The van der Waals surface area contributed by atoms with E-state index in [2.05, 4.69) is 86.6 Å². The Balaban J connectivity index is 1.44. The van der Waals surface area contributed by atoms with Crippen LogP contribution in [0, 0.1) is 13.8 Å². The van der Waals surface area contributed by atoms with Crippen molar-refractivity contribution in [3.05, 3.63) is 95.1 Å². The normalized spacial score (nSPS) is 12.4. The molecule has 0 aliphatic carbocycles. The molecule has 0 amide bonds. The zero-order valence-corrected chi connectivity index (χ0v) is 37.4. The molecule has 0 saturated carbocycles. The van der Waals surface area contributed by atoms with Crippen molar-refractivity contribution in [1.29, 1.82) is 0 Å². The topological polar surface area (TPSA) is 81.2 Å². The average molecular weight is 837 g/mol. The van der Waals surface area contributed by atoms with E-state index in [-0.39, 0.29) is 0 Å². The number of aromatic nitrogens is 2. The largest absolute Gasteiger partial charge is 0.500 e. The van der Waals surface area contributed by atoms with Crippen molar-refractivity contribution in [2.24, 2.45) is 0 Å². The quantitative estimate of drug-likeness (QED) is 0.0581. The molecular formula is C40H48N2O6S4Si2. The molecule has 0 radical (unpaired) electrons. The van der Waals surface area contributed by atoms with Crippen molar-refractivity contribution < 1.29 is 26.6 Å². The van der Waals surface area contributed by atoms with Gasteiger partial charge in [0.2, 0.25) is 0 Å². The number of thiazole rings is 2. The molecule has 0 bridgehead atoms. The van der Waals surface area contributed by atoms with Crippen LogP contribution in [0.3, 0.4) is 0 Å². The highest BCUT2D eigenvalue weighted by molar-refractivity contribution is 8.76. The lowest BCUT2D eigenvalue weighted by molar-refractivity contribution is 0.122. The van der Waals surface area contributed by atoms with Gasteiger partial charge in [0, 0.05) is 75.7 Å². The van der Waals surface area contributed by atoms with E-state index >= 15 is 0 Å². The van der Waals surface area contributed by atoms with Crippen LogP contribution in [-0.4, -0.2) is 70.2 Å². The molecule has 286 valence electrons. The summed E-state index contributed by atoms with van der Waals surface area (Å²) in [7, 11) is 8.26. The van der Waals surface area contributed by atoms with Crippen molar-refractivity contribution in [3.63, 3.8) is 0 Å². The molecule has 0 unspecified atom stereocenters. The molecular weight excluding hydrogens is 789 g/mol. The fourth-order valence-corrected chi connectivity index (χ4v) is 15.5. The Bertz CT molecular complexity index is 1950. The van der Waals surface area contributed by atoms with Gasteiger partial charge in [0.1, 0.15) is 10.0 Å². The fourth-order valence-electron chi connectivity index (χ4n) is 6.71. The van der Waals surface area contributed by atoms with Gasteiger partial charge in [0.25, 0.3) is 0 Å². The summed E-state index contributed by atoms with van der Waals surface area (Å²) >= 11 is 3.50. The van der Waals surface area contributed by atoms with Gasteiger partial charge in [-0.15, -0.1) is 22.7 Å². The van der Waals surface area contributed by atoms with Crippen LogP contribution < -0.4 is 0 Å². The molecule has 8 nitrogen and oxygen atoms in total. The maximum atomic E-state index is 5.78. The molecule has 0 aliphatic heterocycles. The Morgan fingerprint density at radius 3 is 1.24 bits per heavy atom. The van der Waals surface area contributed by atoms with Crippen molar-refractivity contribution in [1.82, 2.24) is 9.97 Å². The van der Waals surface area contributed by atoms with Crippen LogP contribution in [0.25, 0.3) is 41.6 Å². The predicted molar refractivity (Wildman–Crippen MR) is 231 cm³/mol. The van der Waals surface area contributed by atoms with E-state index in [4.69, 9.17) is 36.5 Å². The van der Waals surface area contributed by atoms with Crippen LogP contribution in [0.15, 0.2) is 82.6 Å². The summed E-state index contributed by atoms with van der Waals surface area (Å²) in [5.74, 6) is 0. The lowest BCUT2D eigenvalue weighted by Crippen LogP contribution is -2.42. The van der Waals surface area contributed by atoms with Crippen molar-refractivity contribution in [2.75, 3.05) is 42.7 Å². The molecule has 4 aromatic carbocycles. The standard InChI is InChI=1S/C40H48N2O6S4Si2/c1-27-21-23-29(15-13-25-53(43-3,44-4)45-5)37(35(27)39-41-31-17-9-11-19-33(31)49-39)51-52-38-30(16-14-26-54(46-6,47-7)48-8)24-22-28(2)36(38)40-42-32-18-10-12-20-34(32)50-40/h9-12,17-24H,13-16,25-26H2,1-8H3. The second-order valence-corrected chi connectivity index (χ2v) is 23.3. The minimum atomic E-state index is -2.73. The third kappa shape index (κ3) is 8.90. The number of aryl methyl sites for hydroxylation is 4. The van der Waals surface area contributed by atoms with Crippen molar-refractivity contribution in [3.8, 4) is 21.1 Å². The molecule has 2 aromatic heterocycles. The average Bonchev–Trinajstić information content (AvgIpc) is 3.83. The lowest BCUT2D eigenvalue weighted by Gasteiger charge is -2.25. The summed E-state index contributed by atoms with van der Waals surface area (Å²) in [6, 6.07) is 27.2. The van der Waals surface area contributed by atoms with Crippen LogP contribution >= 0.6 is 44.3 Å². The number of para-hydroxylation sites is 2. The molecule has 6 rings (SSSR count). The van der Waals surface area contributed by atoms with Gasteiger partial charge in [-0.3, -0.25) is 0 Å². The first-order valence-electron chi connectivity index (χ1n) is 17.9. The summed E-state index contributed by atoms with van der Waals surface area (Å²) in [5, 5.41) is 2.06. The van der Waals surface area contributed by atoms with Gasteiger partial charge < -0.3 is 26.6 Å². The first-order valence-corrected chi connectivity index (χ1v) is 25.5. The monoisotopic (exact) mass is 836 g/mol. The maximum absolute atomic E-state index is 5.78. The Kier molecular flexibility index (Phi) is 14.2. The summed E-state index contributed by atoms with van der Waals surface area (Å²) < 4.78 is 37.1. The van der Waals surface area contributed by atoms with E-state index < -0.39 is 17.6 Å². The molecule has 54 heavy (non-hydrogen) atoms. The van der Waals surface area contributed by atoms with Gasteiger partial charge in [-0.25, -0.2) is 9.97 Å². The molecule has 0 fully saturated rings. The van der Waals surface area contributed by atoms with Crippen LogP contribution in [0.1, 0.15) is 35.1 Å². The minimum absolute atomic E-state index is 0.719. The van der Waals surface area contributed by atoms with E-state index in [0.29, 0.717) is 0 Å². The zero-order chi connectivity index (χ0) is 38.3. The van der Waals surface area contributed by atoms with Gasteiger partial charge in [0.05, 0.1) is 20.4 Å². The van der Waals surface area contributed by atoms with Gasteiger partial charge in [-0.05, 0) is 86.1 Å². The molecule has 14 heteroatoms. The van der Waals surface area contributed by atoms with E-state index in [9.17, 15) is 0 Å². The number of rotatable bonds is 19. The summed E-state index contributed by atoms with van der Waals surface area (Å²) in [5.41, 5.74) is 9.35. The molecule has 0 atom stereocenters. The van der Waals surface area contributed by atoms with Crippen molar-refractivity contribution >= 4 is 82.3 Å². The van der Waals surface area contributed by atoms with Crippen LogP contribution in [0.2, 0.25) is 12.1 Å². The third-order valence-corrected chi connectivity index (χ3v) is 20.2. The van der Waals surface area contributed by atoms with E-state index in [0.717, 1.165) is 58.8 Å². The smallest absolute Gasteiger partial charge is 0.377 e. The molecule has 0 N–H and O–H groups in total. The Labute approximate surface area is 337 Å². The number of fused-ring (bicyclic) bond motifs is 2. The van der Waals surface area contributed by atoms with Crippen LogP contribution in [0.4, 0.5) is 0 Å². The van der Waals surface area contributed by atoms with Gasteiger partial charge in [-0.2, -0.15) is 0 Å². The molecule has 0 spiro atoms. The Hall–Kier alpha value is -2.45. The molecule has 6 aromatic rings. The number of benzene rings is 4. The van der Waals surface area contributed by atoms with E-state index in [1.807, 2.05) is 21.6 Å². The second-order valence-electron chi connectivity index (χ2n) is 12.9. The Morgan fingerprint density at radius 1 is 0.519 bits per heavy atom. The number of hydrogen-bond acceptors (Lipinski definition) is 12. The van der Waals surface area contributed by atoms with Gasteiger partial charge in [-0.1, -0.05) is 70.1 Å². The van der Waals surface area contributed by atoms with Gasteiger partial charge in [0.15, 0.2) is 0 Å². The summed E-state index contributed by atoms with van der Waals surface area (Å²) in [6.07, 6.45) is 3.41. The summed E-state index contributed by atoms with van der Waals surface area (Å²) in [4.78, 5) is 12.8. The molecule has 2 heterocycles. The van der Waals surface area contributed by atoms with Crippen LogP contribution in [0.5, 0.6) is 0 Å². The molecule has 0 saturated heterocycles. The highest BCUT2D eigenvalue weighted by Gasteiger charge is 2.38. The number of nitrogens with zero attached hydrogens (tertiary/aromatic N) is 2. The van der Waals surface area contributed by atoms with Crippen LogP contribution in [-0.2, 0) is 39.4 Å². The lowest BCUT2D eigenvalue weighted by atomic mass is 10.0. The van der Waals surface area contributed by atoms with Gasteiger partial charge >= 0.3 is 17.6 Å². The van der Waals surface area contributed by atoms with E-state index in [1.54, 1.807) is 65.3 Å².